The Bertz CT molecular complexity index is 371. The summed E-state index contributed by atoms with van der Waals surface area (Å²) in [4.78, 5) is 0. The first kappa shape index (κ1) is 11.5. The van der Waals surface area contributed by atoms with Crippen molar-refractivity contribution in [3.63, 3.8) is 0 Å². The maximum Gasteiger partial charge on any atom is 0.416 e. The molecule has 2 rings (SSSR count). The van der Waals surface area contributed by atoms with E-state index in [1.807, 2.05) is 0 Å². The van der Waals surface area contributed by atoms with E-state index in [4.69, 9.17) is 0 Å². The first-order valence-corrected chi connectivity index (χ1v) is 5.37. The molecule has 16 heavy (non-hydrogen) atoms. The van der Waals surface area contributed by atoms with Crippen LogP contribution in [0.4, 0.5) is 13.2 Å². The number of halogens is 3. The third kappa shape index (κ3) is 1.94. The summed E-state index contributed by atoms with van der Waals surface area (Å²) in [5, 5.41) is 3.06. The highest BCUT2D eigenvalue weighted by molar-refractivity contribution is 5.35. The lowest BCUT2D eigenvalue weighted by molar-refractivity contribution is -0.138. The lowest BCUT2D eigenvalue weighted by atomic mass is 9.73. The molecule has 1 aliphatic rings. The molecule has 0 heterocycles. The van der Waals surface area contributed by atoms with Crippen LogP contribution in [0.15, 0.2) is 24.3 Å². The largest absolute Gasteiger partial charge is 0.416 e. The van der Waals surface area contributed by atoms with Gasteiger partial charge in [-0.05, 0) is 37.4 Å². The first-order valence-electron chi connectivity index (χ1n) is 5.37. The van der Waals surface area contributed by atoms with Crippen molar-refractivity contribution in [3.05, 3.63) is 35.4 Å². The maximum absolute atomic E-state index is 12.8. The second kappa shape index (κ2) is 4.09. The van der Waals surface area contributed by atoms with Crippen molar-refractivity contribution in [2.75, 3.05) is 7.05 Å². The number of alkyl halides is 3. The van der Waals surface area contributed by atoms with E-state index in [2.05, 4.69) is 5.32 Å². The predicted molar refractivity (Wildman–Crippen MR) is 56.3 cm³/mol. The molecule has 1 aromatic rings. The highest BCUT2D eigenvalue weighted by Gasteiger charge is 2.39. The van der Waals surface area contributed by atoms with Crippen LogP contribution in [0, 0.1) is 0 Å². The molecule has 0 radical (unpaired) electrons. The second-order valence-corrected chi connectivity index (χ2v) is 4.16. The lowest BCUT2D eigenvalue weighted by Crippen LogP contribution is -2.40. The van der Waals surface area contributed by atoms with Gasteiger partial charge in [-0.1, -0.05) is 18.2 Å². The third-order valence-corrected chi connectivity index (χ3v) is 3.31. The molecule has 1 nitrogen and oxygen atoms in total. The van der Waals surface area contributed by atoms with Crippen molar-refractivity contribution in [1.29, 1.82) is 0 Å². The summed E-state index contributed by atoms with van der Waals surface area (Å²) in [5.74, 6) is 0.00262. The van der Waals surface area contributed by atoms with Gasteiger partial charge >= 0.3 is 6.18 Å². The Labute approximate surface area is 92.7 Å². The zero-order valence-corrected chi connectivity index (χ0v) is 9.01. The molecule has 1 aliphatic carbocycles. The molecule has 0 spiro atoms. The standard InChI is InChI=1S/C12H14F3N/c1-16-11-7-6-9(11)8-4-2-3-5-10(8)12(13,14)15/h2-5,9,11,16H,6-7H2,1H3/t9-,11-/m1/s1. The average Bonchev–Trinajstić information content (AvgIpc) is 2.16. The molecule has 1 N–H and O–H groups in total. The zero-order chi connectivity index (χ0) is 11.8. The van der Waals surface area contributed by atoms with Crippen molar-refractivity contribution >= 4 is 0 Å². The number of likely N-dealkylation sites (N-methyl/N-ethyl adjacent to an activating group) is 1. The van der Waals surface area contributed by atoms with Gasteiger partial charge in [-0.15, -0.1) is 0 Å². The molecule has 0 amide bonds. The molecule has 0 saturated heterocycles. The lowest BCUT2D eigenvalue weighted by Gasteiger charge is -2.38. The fourth-order valence-corrected chi connectivity index (χ4v) is 2.30. The molecule has 0 unspecified atom stereocenters. The average molecular weight is 229 g/mol. The van der Waals surface area contributed by atoms with Crippen LogP contribution in [-0.4, -0.2) is 13.1 Å². The summed E-state index contributed by atoms with van der Waals surface area (Å²) in [6.07, 6.45) is -2.46. The third-order valence-electron chi connectivity index (χ3n) is 3.31. The predicted octanol–water partition coefficient (Wildman–Crippen LogP) is 3.17. The van der Waals surface area contributed by atoms with E-state index in [0.29, 0.717) is 5.56 Å². The molecule has 1 fully saturated rings. The highest BCUT2D eigenvalue weighted by atomic mass is 19.4. The molecule has 88 valence electrons. The molecule has 1 saturated carbocycles. The fourth-order valence-electron chi connectivity index (χ4n) is 2.30. The summed E-state index contributed by atoms with van der Waals surface area (Å²) in [6, 6.07) is 6.07. The van der Waals surface area contributed by atoms with Crippen LogP contribution in [0.3, 0.4) is 0 Å². The monoisotopic (exact) mass is 229 g/mol. The fraction of sp³-hybridized carbons (Fsp3) is 0.500. The summed E-state index contributed by atoms with van der Waals surface area (Å²) < 4.78 is 38.3. The molecule has 0 bridgehead atoms. The first-order chi connectivity index (χ1) is 7.54. The molecular formula is C12H14F3N. The van der Waals surface area contributed by atoms with Gasteiger partial charge in [-0.2, -0.15) is 13.2 Å². The Balaban J connectivity index is 2.34. The van der Waals surface area contributed by atoms with Gasteiger partial charge in [0.1, 0.15) is 0 Å². The maximum atomic E-state index is 12.8. The van der Waals surface area contributed by atoms with Gasteiger partial charge in [0, 0.05) is 6.04 Å². The van der Waals surface area contributed by atoms with E-state index in [9.17, 15) is 13.2 Å². The van der Waals surface area contributed by atoms with Crippen molar-refractivity contribution in [2.45, 2.75) is 31.0 Å². The van der Waals surface area contributed by atoms with Gasteiger partial charge < -0.3 is 5.32 Å². The van der Waals surface area contributed by atoms with E-state index in [0.717, 1.165) is 12.8 Å². The van der Waals surface area contributed by atoms with Gasteiger partial charge in [-0.25, -0.2) is 0 Å². The second-order valence-electron chi connectivity index (χ2n) is 4.16. The number of nitrogens with one attached hydrogen (secondary N) is 1. The summed E-state index contributed by atoms with van der Waals surface area (Å²) >= 11 is 0. The van der Waals surface area contributed by atoms with E-state index < -0.39 is 11.7 Å². The quantitative estimate of drug-likeness (QED) is 0.821. The molecule has 2 atom stereocenters. The van der Waals surface area contributed by atoms with Crippen LogP contribution in [-0.2, 0) is 6.18 Å². The molecule has 0 aromatic heterocycles. The van der Waals surface area contributed by atoms with Crippen molar-refractivity contribution in [1.82, 2.24) is 5.32 Å². The van der Waals surface area contributed by atoms with E-state index >= 15 is 0 Å². The Kier molecular flexibility index (Phi) is 2.93. The molecular weight excluding hydrogens is 215 g/mol. The highest BCUT2D eigenvalue weighted by Crippen LogP contribution is 2.42. The number of benzene rings is 1. The Hall–Kier alpha value is -1.03. The van der Waals surface area contributed by atoms with Gasteiger partial charge in [0.25, 0.3) is 0 Å². The minimum atomic E-state index is -4.25. The smallest absolute Gasteiger partial charge is 0.316 e. The van der Waals surface area contributed by atoms with Gasteiger partial charge in [-0.3, -0.25) is 0 Å². The van der Waals surface area contributed by atoms with Gasteiger partial charge in [0.2, 0.25) is 0 Å². The SMILES string of the molecule is CN[C@@H]1CC[C@@H]1c1ccccc1C(F)(F)F. The van der Waals surface area contributed by atoms with Crippen LogP contribution in [0.2, 0.25) is 0 Å². The van der Waals surface area contributed by atoms with Crippen LogP contribution < -0.4 is 5.32 Å². The number of hydrogen-bond donors (Lipinski definition) is 1. The van der Waals surface area contributed by atoms with Crippen molar-refractivity contribution in [3.8, 4) is 0 Å². The Morgan fingerprint density at radius 1 is 1.19 bits per heavy atom. The Morgan fingerprint density at radius 2 is 1.88 bits per heavy atom. The van der Waals surface area contributed by atoms with Gasteiger partial charge in [0.15, 0.2) is 0 Å². The molecule has 0 aliphatic heterocycles. The number of rotatable bonds is 2. The van der Waals surface area contributed by atoms with Crippen LogP contribution >= 0.6 is 0 Å². The molecule has 4 heteroatoms. The summed E-state index contributed by atoms with van der Waals surface area (Å²) in [6.45, 7) is 0. The summed E-state index contributed by atoms with van der Waals surface area (Å²) in [7, 11) is 1.80. The normalized spacial score (nSPS) is 25.2. The minimum Gasteiger partial charge on any atom is -0.316 e. The van der Waals surface area contributed by atoms with E-state index in [1.165, 1.54) is 12.1 Å². The molecule has 1 aromatic carbocycles. The topological polar surface area (TPSA) is 12.0 Å². The van der Waals surface area contributed by atoms with Crippen molar-refractivity contribution < 1.29 is 13.2 Å². The van der Waals surface area contributed by atoms with Crippen LogP contribution in [0.25, 0.3) is 0 Å². The van der Waals surface area contributed by atoms with Crippen molar-refractivity contribution in [2.24, 2.45) is 0 Å². The summed E-state index contributed by atoms with van der Waals surface area (Å²) in [5.41, 5.74) is -0.0550. The van der Waals surface area contributed by atoms with E-state index in [1.54, 1.807) is 19.2 Å². The minimum absolute atomic E-state index is 0.00262. The van der Waals surface area contributed by atoms with Gasteiger partial charge in [0.05, 0.1) is 5.56 Å². The number of hydrogen-bond acceptors (Lipinski definition) is 1. The van der Waals surface area contributed by atoms with Crippen LogP contribution in [0.5, 0.6) is 0 Å². The Morgan fingerprint density at radius 3 is 2.38 bits per heavy atom. The van der Waals surface area contributed by atoms with Crippen LogP contribution in [0.1, 0.15) is 29.9 Å². The van der Waals surface area contributed by atoms with E-state index in [-0.39, 0.29) is 12.0 Å². The zero-order valence-electron chi connectivity index (χ0n) is 9.01.